The maximum atomic E-state index is 4.85. The van der Waals surface area contributed by atoms with Gasteiger partial charge >= 0.3 is 0 Å². The number of rotatable bonds is 7. The van der Waals surface area contributed by atoms with Crippen molar-refractivity contribution in [1.82, 2.24) is 15.2 Å². The highest BCUT2D eigenvalue weighted by atomic mass is 32.2. The number of nitrogens with zero attached hydrogens (tertiary/aromatic N) is 3. The minimum absolute atomic E-state index is 0.728. The molecule has 0 saturated carbocycles. The van der Waals surface area contributed by atoms with Crippen LogP contribution in [0.15, 0.2) is 96.2 Å². The highest BCUT2D eigenvalue weighted by molar-refractivity contribution is 7.99. The van der Waals surface area contributed by atoms with Crippen molar-refractivity contribution >= 4 is 11.8 Å². The second-order valence-corrected chi connectivity index (χ2v) is 7.52. The van der Waals surface area contributed by atoms with Gasteiger partial charge in [-0.25, -0.2) is 4.98 Å². The predicted octanol–water partition coefficient (Wildman–Crippen LogP) is 5.93. The molecular formula is C24H21N3S. The Labute approximate surface area is 169 Å². The number of aromatic nitrogens is 3. The molecule has 138 valence electrons. The summed E-state index contributed by atoms with van der Waals surface area (Å²) >= 11 is 1.67. The summed E-state index contributed by atoms with van der Waals surface area (Å²) < 4.78 is 0. The van der Waals surface area contributed by atoms with Gasteiger partial charge in [0.25, 0.3) is 0 Å². The van der Waals surface area contributed by atoms with Gasteiger partial charge < -0.3 is 0 Å². The summed E-state index contributed by atoms with van der Waals surface area (Å²) in [4.78, 5) is 4.85. The average molecular weight is 384 g/mol. The third kappa shape index (κ3) is 4.65. The number of benzene rings is 3. The van der Waals surface area contributed by atoms with Crippen LogP contribution in [0.4, 0.5) is 0 Å². The molecule has 0 aliphatic heterocycles. The van der Waals surface area contributed by atoms with Gasteiger partial charge in [0.15, 0.2) is 0 Å². The third-order valence-electron chi connectivity index (χ3n) is 4.45. The summed E-state index contributed by atoms with van der Waals surface area (Å²) in [6.45, 7) is 0. The van der Waals surface area contributed by atoms with E-state index in [1.54, 1.807) is 11.8 Å². The van der Waals surface area contributed by atoms with Crippen molar-refractivity contribution in [2.45, 2.75) is 18.0 Å². The van der Waals surface area contributed by atoms with E-state index in [-0.39, 0.29) is 0 Å². The molecule has 0 amide bonds. The Hall–Kier alpha value is -2.98. The van der Waals surface area contributed by atoms with Gasteiger partial charge in [0, 0.05) is 16.9 Å². The SMILES string of the molecule is c1ccc(CCCSc2nnc(-c3ccccc3)c(-c3ccccc3)n2)cc1. The molecule has 0 aliphatic rings. The molecule has 3 aromatic carbocycles. The average Bonchev–Trinajstić information content (AvgIpc) is 2.78. The molecule has 4 rings (SSSR count). The molecule has 0 N–H and O–H groups in total. The molecule has 0 unspecified atom stereocenters. The highest BCUT2D eigenvalue weighted by Gasteiger charge is 2.13. The van der Waals surface area contributed by atoms with Gasteiger partial charge in [0.2, 0.25) is 5.16 Å². The minimum Gasteiger partial charge on any atom is -0.219 e. The monoisotopic (exact) mass is 383 g/mol. The Morgan fingerprint density at radius 2 is 1.18 bits per heavy atom. The Morgan fingerprint density at radius 3 is 1.82 bits per heavy atom. The van der Waals surface area contributed by atoms with Crippen LogP contribution < -0.4 is 0 Å². The summed E-state index contributed by atoms with van der Waals surface area (Å²) in [5.74, 6) is 0.968. The van der Waals surface area contributed by atoms with Crippen molar-refractivity contribution in [2.24, 2.45) is 0 Å². The van der Waals surface area contributed by atoms with Gasteiger partial charge in [-0.2, -0.15) is 0 Å². The van der Waals surface area contributed by atoms with Gasteiger partial charge in [0.1, 0.15) is 11.4 Å². The fourth-order valence-corrected chi connectivity index (χ4v) is 3.77. The van der Waals surface area contributed by atoms with Gasteiger partial charge in [-0.05, 0) is 18.4 Å². The second-order valence-electron chi connectivity index (χ2n) is 6.46. The molecule has 4 aromatic rings. The van der Waals surface area contributed by atoms with E-state index in [1.807, 2.05) is 48.5 Å². The molecule has 0 aliphatic carbocycles. The number of aryl methyl sites for hydroxylation is 1. The van der Waals surface area contributed by atoms with Crippen LogP contribution in [0.25, 0.3) is 22.5 Å². The first kappa shape index (κ1) is 18.4. The largest absolute Gasteiger partial charge is 0.219 e. The van der Waals surface area contributed by atoms with Crippen LogP contribution in [0.5, 0.6) is 0 Å². The molecule has 4 heteroatoms. The molecule has 0 radical (unpaired) electrons. The van der Waals surface area contributed by atoms with Crippen molar-refractivity contribution in [3.63, 3.8) is 0 Å². The molecular weight excluding hydrogens is 362 g/mol. The normalized spacial score (nSPS) is 10.7. The first-order valence-electron chi connectivity index (χ1n) is 9.42. The predicted molar refractivity (Wildman–Crippen MR) is 116 cm³/mol. The summed E-state index contributed by atoms with van der Waals surface area (Å²) in [5, 5.41) is 9.64. The summed E-state index contributed by atoms with van der Waals surface area (Å²) in [7, 11) is 0. The minimum atomic E-state index is 0.728. The first-order chi connectivity index (χ1) is 13.9. The summed E-state index contributed by atoms with van der Waals surface area (Å²) in [6, 6.07) is 30.9. The lowest BCUT2D eigenvalue weighted by Gasteiger charge is -2.09. The third-order valence-corrected chi connectivity index (χ3v) is 5.37. The lowest BCUT2D eigenvalue weighted by Crippen LogP contribution is -2.00. The standard InChI is InChI=1S/C24H21N3S/c1-4-11-19(12-5-1)13-10-18-28-24-25-22(20-14-6-2-7-15-20)23(26-27-24)21-16-8-3-9-17-21/h1-9,11-12,14-17H,10,13,18H2. The Kier molecular flexibility index (Phi) is 6.10. The Morgan fingerprint density at radius 1 is 0.607 bits per heavy atom. The van der Waals surface area contributed by atoms with Crippen molar-refractivity contribution in [1.29, 1.82) is 0 Å². The van der Waals surface area contributed by atoms with Crippen molar-refractivity contribution in [3.05, 3.63) is 96.6 Å². The molecule has 0 atom stereocenters. The van der Waals surface area contributed by atoms with Gasteiger partial charge in [-0.1, -0.05) is 103 Å². The van der Waals surface area contributed by atoms with E-state index >= 15 is 0 Å². The van der Waals surface area contributed by atoms with E-state index < -0.39 is 0 Å². The number of hydrogen-bond donors (Lipinski definition) is 0. The lowest BCUT2D eigenvalue weighted by molar-refractivity contribution is 0.845. The molecule has 28 heavy (non-hydrogen) atoms. The molecule has 0 spiro atoms. The van der Waals surface area contributed by atoms with Crippen LogP contribution in [0, 0.1) is 0 Å². The van der Waals surface area contributed by atoms with Crippen LogP contribution in [0.2, 0.25) is 0 Å². The lowest BCUT2D eigenvalue weighted by atomic mass is 10.0. The molecule has 0 saturated heterocycles. The highest BCUT2D eigenvalue weighted by Crippen LogP contribution is 2.29. The molecule has 1 aromatic heterocycles. The van der Waals surface area contributed by atoms with Crippen LogP contribution in [0.1, 0.15) is 12.0 Å². The second kappa shape index (κ2) is 9.29. The van der Waals surface area contributed by atoms with Crippen molar-refractivity contribution in [3.8, 4) is 22.5 Å². The molecule has 0 bridgehead atoms. The van der Waals surface area contributed by atoms with E-state index in [0.29, 0.717) is 0 Å². The van der Waals surface area contributed by atoms with E-state index in [1.165, 1.54) is 5.56 Å². The Balaban J connectivity index is 1.53. The fraction of sp³-hybridized carbons (Fsp3) is 0.125. The van der Waals surface area contributed by atoms with E-state index in [9.17, 15) is 0 Å². The molecule has 3 nitrogen and oxygen atoms in total. The van der Waals surface area contributed by atoms with Crippen molar-refractivity contribution in [2.75, 3.05) is 5.75 Å². The topological polar surface area (TPSA) is 38.7 Å². The number of thioether (sulfide) groups is 1. The maximum Gasteiger partial charge on any atom is 0.209 e. The van der Waals surface area contributed by atoms with Gasteiger partial charge in [-0.3, -0.25) is 0 Å². The molecule has 1 heterocycles. The van der Waals surface area contributed by atoms with E-state index in [2.05, 4.69) is 52.7 Å². The summed E-state index contributed by atoms with van der Waals surface area (Å²) in [5.41, 5.74) is 5.16. The zero-order chi connectivity index (χ0) is 19.0. The van der Waals surface area contributed by atoms with Crippen molar-refractivity contribution < 1.29 is 0 Å². The van der Waals surface area contributed by atoms with Crippen LogP contribution in [-0.2, 0) is 6.42 Å². The molecule has 0 fully saturated rings. The summed E-state index contributed by atoms with van der Waals surface area (Å²) in [6.07, 6.45) is 2.15. The quantitative estimate of drug-likeness (QED) is 0.293. The van der Waals surface area contributed by atoms with Crippen LogP contribution in [0.3, 0.4) is 0 Å². The number of hydrogen-bond acceptors (Lipinski definition) is 4. The first-order valence-corrected chi connectivity index (χ1v) is 10.4. The van der Waals surface area contributed by atoms with Gasteiger partial charge in [-0.15, -0.1) is 10.2 Å². The Bertz CT molecular complexity index is 1010. The van der Waals surface area contributed by atoms with Crippen LogP contribution >= 0.6 is 11.8 Å². The fourth-order valence-electron chi connectivity index (χ4n) is 3.04. The maximum absolute atomic E-state index is 4.85. The van der Waals surface area contributed by atoms with E-state index in [4.69, 9.17) is 4.98 Å². The van der Waals surface area contributed by atoms with Crippen LogP contribution in [-0.4, -0.2) is 20.9 Å². The van der Waals surface area contributed by atoms with Gasteiger partial charge in [0.05, 0.1) is 0 Å². The van der Waals surface area contributed by atoms with E-state index in [0.717, 1.165) is 46.3 Å². The zero-order valence-electron chi connectivity index (χ0n) is 15.5. The smallest absolute Gasteiger partial charge is 0.209 e. The zero-order valence-corrected chi connectivity index (χ0v) is 16.3.